The van der Waals surface area contributed by atoms with Crippen LogP contribution in [0.15, 0.2) is 141 Å². The summed E-state index contributed by atoms with van der Waals surface area (Å²) in [5, 5.41) is 6.65. The third kappa shape index (κ3) is 25.7. The molecular formula is C65H82ClN3O14S. The summed E-state index contributed by atoms with van der Waals surface area (Å²) in [6.07, 6.45) is 18.2. The molecule has 1 heterocycles. The summed E-state index contributed by atoms with van der Waals surface area (Å²) in [5.74, 6) is 2.87. The Kier molecular flexibility index (Phi) is 32.2. The fourth-order valence-corrected chi connectivity index (χ4v) is 10.1. The van der Waals surface area contributed by atoms with Crippen LogP contribution in [-0.4, -0.2) is 80.6 Å². The summed E-state index contributed by atoms with van der Waals surface area (Å²) in [4.78, 5) is 74.8. The van der Waals surface area contributed by atoms with Crippen LogP contribution in [0.25, 0.3) is 10.2 Å². The first-order valence-corrected chi connectivity index (χ1v) is 30.3. The number of esters is 4. The second-order valence-electron chi connectivity index (χ2n) is 19.8. The molecule has 0 spiro atoms. The van der Waals surface area contributed by atoms with Crippen molar-refractivity contribution in [3.8, 4) is 34.5 Å². The zero-order valence-electron chi connectivity index (χ0n) is 48.4. The molecule has 0 saturated heterocycles. The Hall–Kier alpha value is -7.25. The Bertz CT molecular complexity index is 2690. The van der Waals surface area contributed by atoms with Gasteiger partial charge in [-0.1, -0.05) is 36.6 Å². The van der Waals surface area contributed by atoms with E-state index in [-0.39, 0.29) is 53.9 Å². The summed E-state index contributed by atoms with van der Waals surface area (Å²) >= 11 is 7.13. The van der Waals surface area contributed by atoms with Crippen LogP contribution < -0.4 is 33.7 Å². The number of hydrazone groups is 1. The number of unbranched alkanes of at least 4 members (excludes halogenated alkanes) is 6. The standard InChI is InChI=1S/C52H67ClO14.C11H11N3S.C2H4/c1-2-49(54)60-35-9-5-3-7-33-58-43-19-23-45(24-20-43)64-51(56)41-15-11-40(12-16-41)38-63-67-48-29-25-46(26-30-48)65-52(57)42-17-13-39(14-18-42)37-62-66-47-27-21-44(22-28-47)59-34-8-4-6-10-36-61-50(55)31-32-53;1-3-12-14(4-2)11-13-9-7-5-6-8-10(9)15-11;1-2/h2,19-30,39-42H,1,3-18,31-38H2;3-8H,2H2,1H3;1-2H2/b;12-3+;. The predicted molar refractivity (Wildman–Crippen MR) is 328 cm³/mol. The minimum Gasteiger partial charge on any atom is -0.494 e. The number of carbonyl (C=O) groups is 4. The fraction of sp³-hybridized carbons (Fsp3) is 0.446. The van der Waals surface area contributed by atoms with Crippen molar-refractivity contribution < 1.29 is 67.1 Å². The molecule has 0 atom stereocenters. The van der Waals surface area contributed by atoms with Crippen molar-refractivity contribution in [3.05, 3.63) is 136 Å². The van der Waals surface area contributed by atoms with E-state index in [0.717, 1.165) is 98.1 Å². The summed E-state index contributed by atoms with van der Waals surface area (Å²) in [6.45, 7) is 17.8. The number of hydrogen-bond donors (Lipinski definition) is 0. The van der Waals surface area contributed by atoms with Gasteiger partial charge >= 0.3 is 23.9 Å². The molecule has 2 saturated carbocycles. The summed E-state index contributed by atoms with van der Waals surface area (Å²) in [7, 11) is 0. The molecule has 2 aliphatic carbocycles. The number of alkyl halides is 1. The zero-order chi connectivity index (χ0) is 60.0. The molecule has 0 unspecified atom stereocenters. The van der Waals surface area contributed by atoms with Crippen LogP contribution >= 0.6 is 22.9 Å². The van der Waals surface area contributed by atoms with E-state index in [1.165, 1.54) is 6.08 Å². The molecule has 84 heavy (non-hydrogen) atoms. The number of benzene rings is 4. The topological polar surface area (TPSA) is 189 Å². The number of carbonyl (C=O) groups excluding carboxylic acids is 4. The lowest BCUT2D eigenvalue weighted by molar-refractivity contribution is -0.218. The number of ether oxygens (including phenoxy) is 6. The van der Waals surface area contributed by atoms with Gasteiger partial charge in [-0.25, -0.2) is 14.8 Å². The lowest BCUT2D eigenvalue weighted by atomic mass is 9.82. The number of anilines is 1. The van der Waals surface area contributed by atoms with Crippen LogP contribution in [0.3, 0.4) is 0 Å². The molecule has 0 bridgehead atoms. The Labute approximate surface area is 503 Å². The van der Waals surface area contributed by atoms with Crippen LogP contribution in [0, 0.1) is 23.7 Å². The van der Waals surface area contributed by atoms with Crippen molar-refractivity contribution >= 4 is 68.4 Å². The maximum Gasteiger partial charge on any atom is 0.330 e. The molecule has 17 nitrogen and oxygen atoms in total. The SMILES string of the molecule is C=C.C=CC(=O)OCCCCCCOc1ccc(OC(=O)C2CCC(COOc3ccc(OC(=O)C4CCC(COOc5ccc(OCCCCCCOC(=O)CCCl)cc5)CC4)cc3)CC2)cc1.C=CN(/N=C/C)c1nc2ccccc2s1. The smallest absolute Gasteiger partial charge is 0.330 e. The molecule has 4 aromatic carbocycles. The quantitative estimate of drug-likeness (QED) is 0.00435. The summed E-state index contributed by atoms with van der Waals surface area (Å²) < 4.78 is 34.2. The maximum absolute atomic E-state index is 13.0. The molecule has 0 aliphatic heterocycles. The van der Waals surface area contributed by atoms with E-state index >= 15 is 0 Å². The van der Waals surface area contributed by atoms with E-state index in [1.807, 2.05) is 43.3 Å². The number of para-hydroxylation sites is 1. The number of aromatic nitrogens is 1. The molecule has 1 aromatic heterocycles. The molecule has 5 aromatic rings. The average Bonchev–Trinajstić information content (AvgIpc) is 4.22. The normalized spacial score (nSPS) is 16.3. The molecule has 0 N–H and O–H groups in total. The zero-order valence-corrected chi connectivity index (χ0v) is 50.0. The van der Waals surface area contributed by atoms with Gasteiger partial charge in [0.25, 0.3) is 0 Å². The van der Waals surface area contributed by atoms with Gasteiger partial charge in [-0.2, -0.15) is 14.9 Å². The van der Waals surface area contributed by atoms with Crippen LogP contribution in [0.5, 0.6) is 34.5 Å². The van der Waals surface area contributed by atoms with Crippen molar-refractivity contribution in [1.82, 2.24) is 4.98 Å². The Morgan fingerprint density at radius 1 is 0.595 bits per heavy atom. The van der Waals surface area contributed by atoms with Gasteiger partial charge in [0.2, 0.25) is 5.13 Å². The van der Waals surface area contributed by atoms with E-state index in [0.29, 0.717) is 94.1 Å². The highest BCUT2D eigenvalue weighted by molar-refractivity contribution is 7.22. The second kappa shape index (κ2) is 40.1. The lowest BCUT2D eigenvalue weighted by Gasteiger charge is -2.26. The van der Waals surface area contributed by atoms with Crippen molar-refractivity contribution in [2.75, 3.05) is 50.5 Å². The highest BCUT2D eigenvalue weighted by Crippen LogP contribution is 2.34. The van der Waals surface area contributed by atoms with Gasteiger partial charge in [-0.3, -0.25) is 14.4 Å². The molecule has 19 heteroatoms. The van der Waals surface area contributed by atoms with Gasteiger partial charge in [0.1, 0.15) is 23.0 Å². The summed E-state index contributed by atoms with van der Waals surface area (Å²) in [6, 6.07) is 29.2. The van der Waals surface area contributed by atoms with Crippen LogP contribution in [0.4, 0.5) is 5.13 Å². The van der Waals surface area contributed by atoms with Gasteiger partial charge in [0.15, 0.2) is 11.5 Å². The van der Waals surface area contributed by atoms with E-state index in [9.17, 15) is 19.2 Å². The van der Waals surface area contributed by atoms with Crippen molar-refractivity contribution in [2.45, 2.75) is 116 Å². The molecule has 2 fully saturated rings. The second-order valence-corrected chi connectivity index (χ2v) is 21.2. The Morgan fingerprint density at radius 2 is 1.04 bits per heavy atom. The molecular weight excluding hydrogens is 1110 g/mol. The molecule has 0 radical (unpaired) electrons. The number of fused-ring (bicyclic) bond motifs is 1. The number of thiazole rings is 1. The number of nitrogens with zero attached hydrogens (tertiary/aromatic N) is 3. The van der Waals surface area contributed by atoms with E-state index in [2.05, 4.69) is 36.4 Å². The number of hydrogen-bond acceptors (Lipinski definition) is 18. The largest absolute Gasteiger partial charge is 0.494 e. The number of rotatable bonds is 34. The monoisotopic (exact) mass is 1200 g/mol. The van der Waals surface area contributed by atoms with Crippen LogP contribution in [0.2, 0.25) is 0 Å². The average molecular weight is 1200 g/mol. The van der Waals surface area contributed by atoms with E-state index in [1.54, 1.807) is 89.4 Å². The third-order valence-electron chi connectivity index (χ3n) is 13.7. The first-order chi connectivity index (χ1) is 41.1. The van der Waals surface area contributed by atoms with Crippen molar-refractivity contribution in [3.63, 3.8) is 0 Å². The van der Waals surface area contributed by atoms with Gasteiger partial charge in [-0.15, -0.1) is 24.8 Å². The van der Waals surface area contributed by atoms with E-state index in [4.69, 9.17) is 59.6 Å². The Balaban J connectivity index is 0.000000648. The van der Waals surface area contributed by atoms with Gasteiger partial charge in [-0.05, 0) is 206 Å². The third-order valence-corrected chi connectivity index (χ3v) is 14.9. The Morgan fingerprint density at radius 3 is 1.48 bits per heavy atom. The van der Waals surface area contributed by atoms with Crippen LogP contribution in [-0.2, 0) is 38.4 Å². The summed E-state index contributed by atoms with van der Waals surface area (Å²) in [5.41, 5.74) is 0.996. The predicted octanol–water partition coefficient (Wildman–Crippen LogP) is 15.0. The van der Waals surface area contributed by atoms with Crippen LogP contribution in [0.1, 0.15) is 116 Å². The van der Waals surface area contributed by atoms with E-state index < -0.39 is 5.97 Å². The highest BCUT2D eigenvalue weighted by atomic mass is 35.5. The van der Waals surface area contributed by atoms with Gasteiger partial charge in [0, 0.05) is 24.4 Å². The molecule has 454 valence electrons. The fourth-order valence-electron chi connectivity index (χ4n) is 9.00. The highest BCUT2D eigenvalue weighted by Gasteiger charge is 2.30. The maximum atomic E-state index is 13.0. The first-order valence-electron chi connectivity index (χ1n) is 29.0. The molecule has 7 rings (SSSR count). The minimum atomic E-state index is -0.394. The van der Waals surface area contributed by atoms with Gasteiger partial charge in [0.05, 0.1) is 68.1 Å². The van der Waals surface area contributed by atoms with Crippen molar-refractivity contribution in [1.29, 1.82) is 0 Å². The first kappa shape index (κ1) is 67.5. The molecule has 2 aliphatic rings. The minimum absolute atomic E-state index is 0.169. The van der Waals surface area contributed by atoms with Crippen molar-refractivity contribution in [2.24, 2.45) is 28.8 Å². The lowest BCUT2D eigenvalue weighted by Crippen LogP contribution is -2.27. The molecule has 0 amide bonds. The van der Waals surface area contributed by atoms with Gasteiger partial charge < -0.3 is 38.2 Å². The number of halogens is 1.